The predicted octanol–water partition coefficient (Wildman–Crippen LogP) is 3.38. The van der Waals surface area contributed by atoms with Crippen LogP contribution in [0.5, 0.6) is 0 Å². The molecule has 3 fully saturated rings. The van der Waals surface area contributed by atoms with E-state index in [0.717, 1.165) is 24.7 Å². The highest BCUT2D eigenvalue weighted by Gasteiger charge is 2.63. The third-order valence-electron chi connectivity index (χ3n) is 5.12. The molecule has 0 N–H and O–H groups in total. The summed E-state index contributed by atoms with van der Waals surface area (Å²) in [5, 5.41) is 0. The molecule has 1 saturated heterocycles. The van der Waals surface area contributed by atoms with Crippen LogP contribution < -0.4 is 0 Å². The summed E-state index contributed by atoms with van der Waals surface area (Å²) < 4.78 is 11.6. The minimum Gasteiger partial charge on any atom is -0.498 e. The monoisotopic (exact) mass is 236 g/mol. The van der Waals surface area contributed by atoms with Crippen LogP contribution in [-0.4, -0.2) is 18.8 Å². The number of allylic oxidation sites excluding steroid dienone is 1. The summed E-state index contributed by atoms with van der Waals surface area (Å²) in [6, 6.07) is 0. The van der Waals surface area contributed by atoms with Crippen molar-refractivity contribution >= 4 is 0 Å². The summed E-state index contributed by atoms with van der Waals surface area (Å²) in [5.41, 5.74) is 0.263. The van der Waals surface area contributed by atoms with Crippen LogP contribution in [0.1, 0.15) is 40.0 Å². The van der Waals surface area contributed by atoms with Gasteiger partial charge in [0.05, 0.1) is 24.6 Å². The fraction of sp³-hybridized carbons (Fsp3) is 0.867. The fourth-order valence-corrected chi connectivity index (χ4v) is 3.47. The van der Waals surface area contributed by atoms with Gasteiger partial charge in [0.15, 0.2) is 0 Å². The number of epoxide rings is 1. The zero-order valence-corrected chi connectivity index (χ0v) is 11.2. The lowest BCUT2D eigenvalue weighted by Gasteiger charge is -2.27. The first kappa shape index (κ1) is 11.6. The van der Waals surface area contributed by atoms with Gasteiger partial charge in [0.1, 0.15) is 0 Å². The SMILES string of the molecule is C=C(OCC(C)(C)CC)C1CC2CC1C1OC21. The molecule has 2 bridgehead atoms. The van der Waals surface area contributed by atoms with Crippen molar-refractivity contribution in [3.8, 4) is 0 Å². The molecule has 0 aromatic rings. The van der Waals surface area contributed by atoms with Gasteiger partial charge in [0.2, 0.25) is 0 Å². The van der Waals surface area contributed by atoms with E-state index in [1.165, 1.54) is 12.8 Å². The van der Waals surface area contributed by atoms with Gasteiger partial charge in [-0.05, 0) is 36.5 Å². The summed E-state index contributed by atoms with van der Waals surface area (Å²) in [7, 11) is 0. The molecular formula is C15H24O2. The van der Waals surface area contributed by atoms with Gasteiger partial charge in [-0.3, -0.25) is 0 Å². The van der Waals surface area contributed by atoms with E-state index in [9.17, 15) is 0 Å². The summed E-state index contributed by atoms with van der Waals surface area (Å²) in [4.78, 5) is 0. The van der Waals surface area contributed by atoms with Gasteiger partial charge in [-0.1, -0.05) is 27.4 Å². The first-order valence-electron chi connectivity index (χ1n) is 6.99. The maximum atomic E-state index is 5.95. The van der Waals surface area contributed by atoms with Crippen molar-refractivity contribution < 1.29 is 9.47 Å². The smallest absolute Gasteiger partial charge is 0.0927 e. The molecule has 0 spiro atoms. The van der Waals surface area contributed by atoms with Crippen molar-refractivity contribution in [1.82, 2.24) is 0 Å². The van der Waals surface area contributed by atoms with Gasteiger partial charge in [0.25, 0.3) is 0 Å². The number of fused-ring (bicyclic) bond motifs is 5. The Hall–Kier alpha value is -0.500. The molecule has 2 heteroatoms. The molecule has 3 aliphatic rings. The molecule has 2 nitrogen and oxygen atoms in total. The van der Waals surface area contributed by atoms with E-state index < -0.39 is 0 Å². The molecule has 1 heterocycles. The molecule has 2 saturated carbocycles. The van der Waals surface area contributed by atoms with Crippen molar-refractivity contribution in [2.24, 2.45) is 23.2 Å². The van der Waals surface area contributed by atoms with Crippen molar-refractivity contribution in [2.75, 3.05) is 6.61 Å². The Labute approximate surface area is 104 Å². The first-order valence-corrected chi connectivity index (χ1v) is 6.99. The average Bonchev–Trinajstić information content (AvgIpc) is 2.92. The van der Waals surface area contributed by atoms with Crippen molar-refractivity contribution in [2.45, 2.75) is 52.2 Å². The van der Waals surface area contributed by atoms with Gasteiger partial charge >= 0.3 is 0 Å². The Balaban J connectivity index is 1.54. The van der Waals surface area contributed by atoms with E-state index in [1.54, 1.807) is 0 Å². The number of rotatable bonds is 5. The zero-order chi connectivity index (χ0) is 12.2. The van der Waals surface area contributed by atoms with E-state index in [4.69, 9.17) is 9.47 Å². The molecule has 2 aliphatic carbocycles. The Kier molecular flexibility index (Phi) is 2.55. The Morgan fingerprint density at radius 3 is 2.71 bits per heavy atom. The minimum atomic E-state index is 0.263. The summed E-state index contributed by atoms with van der Waals surface area (Å²) >= 11 is 0. The van der Waals surface area contributed by atoms with Crippen molar-refractivity contribution in [1.29, 1.82) is 0 Å². The molecule has 0 aromatic carbocycles. The average molecular weight is 236 g/mol. The van der Waals surface area contributed by atoms with Crippen molar-refractivity contribution in [3.63, 3.8) is 0 Å². The third kappa shape index (κ3) is 1.91. The lowest BCUT2D eigenvalue weighted by Crippen LogP contribution is -2.24. The van der Waals surface area contributed by atoms with E-state index in [-0.39, 0.29) is 5.41 Å². The van der Waals surface area contributed by atoms with E-state index >= 15 is 0 Å². The molecule has 5 atom stereocenters. The fourth-order valence-electron chi connectivity index (χ4n) is 3.47. The largest absolute Gasteiger partial charge is 0.498 e. The van der Waals surface area contributed by atoms with Gasteiger partial charge in [-0.2, -0.15) is 0 Å². The third-order valence-corrected chi connectivity index (χ3v) is 5.12. The number of ether oxygens (including phenoxy) is 2. The molecule has 17 heavy (non-hydrogen) atoms. The Bertz CT molecular complexity index is 334. The van der Waals surface area contributed by atoms with Crippen LogP contribution in [0, 0.1) is 23.2 Å². The van der Waals surface area contributed by atoms with Crippen LogP contribution in [0.3, 0.4) is 0 Å². The quantitative estimate of drug-likeness (QED) is 0.539. The second kappa shape index (κ2) is 3.74. The van der Waals surface area contributed by atoms with Crippen LogP contribution in [0.25, 0.3) is 0 Å². The Morgan fingerprint density at radius 2 is 2.12 bits per heavy atom. The number of hydrogen-bond donors (Lipinski definition) is 0. The van der Waals surface area contributed by atoms with E-state index in [1.807, 2.05) is 0 Å². The molecule has 3 rings (SSSR count). The second-order valence-electron chi connectivity index (χ2n) is 6.84. The Morgan fingerprint density at radius 1 is 1.35 bits per heavy atom. The molecule has 1 aliphatic heterocycles. The van der Waals surface area contributed by atoms with Gasteiger partial charge < -0.3 is 9.47 Å². The molecule has 5 unspecified atom stereocenters. The molecule has 96 valence electrons. The van der Waals surface area contributed by atoms with Crippen LogP contribution in [0.2, 0.25) is 0 Å². The number of hydrogen-bond acceptors (Lipinski definition) is 2. The normalized spacial score (nSPS) is 42.4. The highest BCUT2D eigenvalue weighted by molar-refractivity contribution is 5.16. The highest BCUT2D eigenvalue weighted by Crippen LogP contribution is 2.60. The summed E-state index contributed by atoms with van der Waals surface area (Å²) in [6.45, 7) is 11.7. The minimum absolute atomic E-state index is 0.263. The predicted molar refractivity (Wildman–Crippen MR) is 67.5 cm³/mol. The highest BCUT2D eigenvalue weighted by atomic mass is 16.6. The summed E-state index contributed by atoms with van der Waals surface area (Å²) in [6.07, 6.45) is 4.90. The maximum Gasteiger partial charge on any atom is 0.0927 e. The standard InChI is InChI=1S/C15H24O2/c1-5-15(3,4)8-16-9(2)11-6-10-7-12(11)14-13(10)17-14/h10-14H,2,5-8H2,1,3-4H3. The van der Waals surface area contributed by atoms with E-state index in [0.29, 0.717) is 24.0 Å². The molecule has 0 radical (unpaired) electrons. The maximum absolute atomic E-state index is 5.95. The van der Waals surface area contributed by atoms with Crippen LogP contribution >= 0.6 is 0 Å². The van der Waals surface area contributed by atoms with E-state index in [2.05, 4.69) is 27.4 Å². The molecule has 0 aromatic heterocycles. The lowest BCUT2D eigenvalue weighted by atomic mass is 9.87. The zero-order valence-electron chi connectivity index (χ0n) is 11.2. The molecule has 0 amide bonds. The topological polar surface area (TPSA) is 21.8 Å². The van der Waals surface area contributed by atoms with Crippen LogP contribution in [0.15, 0.2) is 12.3 Å². The first-order chi connectivity index (χ1) is 8.02. The van der Waals surface area contributed by atoms with Crippen LogP contribution in [0.4, 0.5) is 0 Å². The van der Waals surface area contributed by atoms with Gasteiger partial charge in [0, 0.05) is 5.92 Å². The lowest BCUT2D eigenvalue weighted by molar-refractivity contribution is 0.0841. The van der Waals surface area contributed by atoms with Crippen LogP contribution in [-0.2, 0) is 9.47 Å². The van der Waals surface area contributed by atoms with Crippen molar-refractivity contribution in [3.05, 3.63) is 12.3 Å². The van der Waals surface area contributed by atoms with Gasteiger partial charge in [-0.15, -0.1) is 0 Å². The molecular weight excluding hydrogens is 212 g/mol. The van der Waals surface area contributed by atoms with Gasteiger partial charge in [-0.25, -0.2) is 0 Å². The second-order valence-corrected chi connectivity index (χ2v) is 6.84. The summed E-state index contributed by atoms with van der Waals surface area (Å²) in [5.74, 6) is 3.10.